The van der Waals surface area contributed by atoms with Gasteiger partial charge < -0.3 is 21.7 Å². The highest BCUT2D eigenvalue weighted by Gasteiger charge is 2.46. The summed E-state index contributed by atoms with van der Waals surface area (Å²) in [4.78, 5) is 0. The van der Waals surface area contributed by atoms with E-state index in [0.717, 1.165) is 12.8 Å². The van der Waals surface area contributed by atoms with E-state index in [4.69, 9.17) is 4.74 Å². The molecule has 0 aromatic heterocycles. The molecule has 0 aliphatic carbocycles. The second-order valence-corrected chi connectivity index (χ2v) is 11.6. The Bertz CT molecular complexity index is 943. The van der Waals surface area contributed by atoms with Gasteiger partial charge >= 0.3 is 0 Å². The van der Waals surface area contributed by atoms with Gasteiger partial charge in [0.25, 0.3) is 0 Å². The molecule has 0 N–H and O–H groups in total. The van der Waals surface area contributed by atoms with Crippen LogP contribution in [0.25, 0.3) is 0 Å². The molecule has 4 aromatic rings. The molecular formula is C29H30BrOP. The molecule has 0 spiro atoms. The molecule has 4 rings (SSSR count). The monoisotopic (exact) mass is 504 g/mol. The van der Waals surface area contributed by atoms with Gasteiger partial charge in [-0.25, -0.2) is 0 Å². The van der Waals surface area contributed by atoms with Crippen LogP contribution >= 0.6 is 7.26 Å². The Morgan fingerprint density at radius 3 is 1.38 bits per heavy atom. The van der Waals surface area contributed by atoms with Crippen LogP contribution in [0.2, 0.25) is 0 Å². The third kappa shape index (κ3) is 5.75. The van der Waals surface area contributed by atoms with E-state index in [1.54, 1.807) is 0 Å². The summed E-state index contributed by atoms with van der Waals surface area (Å²) in [7, 11) is -1.80. The fraction of sp³-hybridized carbons (Fsp3) is 0.172. The molecule has 0 radical (unpaired) electrons. The molecule has 164 valence electrons. The summed E-state index contributed by atoms with van der Waals surface area (Å²) >= 11 is 0. The Morgan fingerprint density at radius 1 is 0.594 bits per heavy atom. The van der Waals surface area contributed by atoms with Crippen molar-refractivity contribution < 1.29 is 21.7 Å². The Kier molecular flexibility index (Phi) is 9.23. The molecule has 32 heavy (non-hydrogen) atoms. The molecule has 0 aliphatic rings. The summed E-state index contributed by atoms with van der Waals surface area (Å²) in [5.41, 5.74) is 1.23. The summed E-state index contributed by atoms with van der Waals surface area (Å²) in [5, 5.41) is 4.30. The lowest BCUT2D eigenvalue weighted by Gasteiger charge is -2.30. The Labute approximate surface area is 203 Å². The van der Waals surface area contributed by atoms with Crippen LogP contribution < -0.4 is 32.9 Å². The van der Waals surface area contributed by atoms with Crippen LogP contribution in [0.3, 0.4) is 0 Å². The highest BCUT2D eigenvalue weighted by atomic mass is 79.9. The molecule has 0 heterocycles. The maximum Gasteiger partial charge on any atom is 0.112 e. The van der Waals surface area contributed by atoms with E-state index in [1.165, 1.54) is 21.5 Å². The van der Waals surface area contributed by atoms with Gasteiger partial charge in [0.1, 0.15) is 23.2 Å². The van der Waals surface area contributed by atoms with Gasteiger partial charge in [-0.3, -0.25) is 0 Å². The van der Waals surface area contributed by atoms with Gasteiger partial charge in [0, 0.05) is 5.92 Å². The van der Waals surface area contributed by atoms with Gasteiger partial charge in [0.15, 0.2) is 0 Å². The third-order valence-corrected chi connectivity index (χ3v) is 10.4. The van der Waals surface area contributed by atoms with Gasteiger partial charge in [-0.05, 0) is 42.0 Å². The van der Waals surface area contributed by atoms with Gasteiger partial charge in [0.05, 0.1) is 19.4 Å². The van der Waals surface area contributed by atoms with E-state index < -0.39 is 7.26 Å². The van der Waals surface area contributed by atoms with Crippen molar-refractivity contribution in [2.75, 3.05) is 12.8 Å². The number of hydrogen-bond donors (Lipinski definition) is 0. The first-order valence-corrected chi connectivity index (χ1v) is 12.9. The summed E-state index contributed by atoms with van der Waals surface area (Å²) in [6.07, 6.45) is 1.08. The fourth-order valence-electron chi connectivity index (χ4n) is 4.28. The van der Waals surface area contributed by atoms with Crippen molar-refractivity contribution in [3.63, 3.8) is 0 Å². The van der Waals surface area contributed by atoms with Crippen molar-refractivity contribution in [3.05, 3.63) is 127 Å². The standard InChI is InChI=1S/C29H30OP.BrH/c1-25(22-30-23-26-14-6-2-7-15-26)24-31(27-16-8-3-9-17-27,28-18-10-4-11-19-28)29-20-12-5-13-21-29;/h2-21,25H,22-24H2,1H3;1H/q+1;/p-1/t25-;/m1./s1. The number of ether oxygens (including phenoxy) is 1. The molecule has 4 aromatic carbocycles. The fourth-order valence-corrected chi connectivity index (χ4v) is 8.89. The van der Waals surface area contributed by atoms with Gasteiger partial charge in [-0.2, -0.15) is 0 Å². The first kappa shape index (κ1) is 24.4. The minimum absolute atomic E-state index is 0. The lowest BCUT2D eigenvalue weighted by atomic mass is 10.2. The lowest BCUT2D eigenvalue weighted by molar-refractivity contribution is -0.00000648. The summed E-state index contributed by atoms with van der Waals surface area (Å²) in [6.45, 7) is 3.75. The highest BCUT2D eigenvalue weighted by molar-refractivity contribution is 7.95. The smallest absolute Gasteiger partial charge is 0.112 e. The van der Waals surface area contributed by atoms with E-state index in [2.05, 4.69) is 122 Å². The van der Waals surface area contributed by atoms with Gasteiger partial charge in [0.2, 0.25) is 0 Å². The predicted molar refractivity (Wildman–Crippen MR) is 135 cm³/mol. The topological polar surface area (TPSA) is 9.23 Å². The molecular weight excluding hydrogens is 475 g/mol. The van der Waals surface area contributed by atoms with Crippen molar-refractivity contribution in [1.29, 1.82) is 0 Å². The second-order valence-electron chi connectivity index (χ2n) is 8.10. The molecule has 0 fully saturated rings. The maximum atomic E-state index is 6.15. The average Bonchev–Trinajstić information content (AvgIpc) is 2.85. The van der Waals surface area contributed by atoms with Crippen molar-refractivity contribution in [1.82, 2.24) is 0 Å². The maximum absolute atomic E-state index is 6.15. The molecule has 1 nitrogen and oxygen atoms in total. The molecule has 0 saturated carbocycles. The van der Waals surface area contributed by atoms with Crippen LogP contribution in [0.1, 0.15) is 12.5 Å². The predicted octanol–water partition coefficient (Wildman–Crippen LogP) is 2.84. The zero-order chi connectivity index (χ0) is 21.4. The Balaban J connectivity index is 0.00000289. The minimum atomic E-state index is -1.80. The van der Waals surface area contributed by atoms with E-state index >= 15 is 0 Å². The average molecular weight is 505 g/mol. The number of benzene rings is 4. The summed E-state index contributed by atoms with van der Waals surface area (Å²) in [6, 6.07) is 43.7. The molecule has 0 unspecified atom stereocenters. The van der Waals surface area contributed by atoms with Crippen LogP contribution in [0.4, 0.5) is 0 Å². The molecule has 0 bridgehead atoms. The number of hydrogen-bond acceptors (Lipinski definition) is 1. The van der Waals surface area contributed by atoms with Crippen molar-refractivity contribution >= 4 is 23.2 Å². The summed E-state index contributed by atoms with van der Waals surface area (Å²) < 4.78 is 6.15. The van der Waals surface area contributed by atoms with E-state index in [1.807, 2.05) is 6.07 Å². The lowest BCUT2D eigenvalue weighted by Crippen LogP contribution is -3.00. The molecule has 0 amide bonds. The molecule has 3 heteroatoms. The molecule has 0 saturated heterocycles. The van der Waals surface area contributed by atoms with Crippen LogP contribution in [0, 0.1) is 5.92 Å². The van der Waals surface area contributed by atoms with Crippen LogP contribution in [-0.2, 0) is 11.3 Å². The largest absolute Gasteiger partial charge is 1.00 e. The van der Waals surface area contributed by atoms with E-state index in [-0.39, 0.29) is 17.0 Å². The molecule has 1 atom stereocenters. The Hall–Kier alpha value is -2.25. The Morgan fingerprint density at radius 2 is 0.969 bits per heavy atom. The SMILES string of the molecule is C[C@H](COCc1ccccc1)C[P+](c1ccccc1)(c1ccccc1)c1ccccc1.[Br-]. The van der Waals surface area contributed by atoms with Gasteiger partial charge in [-0.1, -0.05) is 91.9 Å². The quantitative estimate of drug-likeness (QED) is 0.318. The first-order chi connectivity index (χ1) is 15.3. The van der Waals surface area contributed by atoms with Crippen molar-refractivity contribution in [3.8, 4) is 0 Å². The zero-order valence-corrected chi connectivity index (χ0v) is 21.0. The van der Waals surface area contributed by atoms with Crippen LogP contribution in [-0.4, -0.2) is 12.8 Å². The van der Waals surface area contributed by atoms with E-state index in [0.29, 0.717) is 12.5 Å². The normalized spacial score (nSPS) is 12.0. The number of rotatable bonds is 9. The van der Waals surface area contributed by atoms with Crippen LogP contribution in [0.5, 0.6) is 0 Å². The van der Waals surface area contributed by atoms with Crippen molar-refractivity contribution in [2.45, 2.75) is 13.5 Å². The zero-order valence-electron chi connectivity index (χ0n) is 18.5. The van der Waals surface area contributed by atoms with E-state index in [9.17, 15) is 0 Å². The summed E-state index contributed by atoms with van der Waals surface area (Å²) in [5.74, 6) is 0.428. The van der Waals surface area contributed by atoms with Crippen molar-refractivity contribution in [2.24, 2.45) is 5.92 Å². The molecule has 0 aliphatic heterocycles. The van der Waals surface area contributed by atoms with Gasteiger partial charge in [-0.15, -0.1) is 0 Å². The first-order valence-electron chi connectivity index (χ1n) is 11.0. The minimum Gasteiger partial charge on any atom is -1.00 e. The third-order valence-electron chi connectivity index (χ3n) is 5.69. The highest BCUT2D eigenvalue weighted by Crippen LogP contribution is 2.56. The number of halogens is 1. The second kappa shape index (κ2) is 12.1. The van der Waals surface area contributed by atoms with Crippen LogP contribution in [0.15, 0.2) is 121 Å².